The van der Waals surface area contributed by atoms with Crippen molar-refractivity contribution in [3.8, 4) is 0 Å². The summed E-state index contributed by atoms with van der Waals surface area (Å²) in [4.78, 5) is 36.5. The number of hydrogen-bond acceptors (Lipinski definition) is 4. The molecule has 162 valence electrons. The van der Waals surface area contributed by atoms with E-state index in [4.69, 9.17) is 4.98 Å². The van der Waals surface area contributed by atoms with Crippen molar-refractivity contribution in [3.63, 3.8) is 0 Å². The van der Waals surface area contributed by atoms with E-state index in [9.17, 15) is 9.59 Å². The summed E-state index contributed by atoms with van der Waals surface area (Å²) in [6, 6.07) is 0. The average Bonchev–Trinajstić information content (AvgIpc) is 3.12. The molecule has 4 saturated carbocycles. The lowest BCUT2D eigenvalue weighted by atomic mass is 9.94. The molecule has 2 aromatic heterocycles. The van der Waals surface area contributed by atoms with E-state index in [0.29, 0.717) is 42.0 Å². The molecule has 0 aliphatic heterocycles. The fourth-order valence-electron chi connectivity index (χ4n) is 6.30. The van der Waals surface area contributed by atoms with Crippen LogP contribution in [0, 0.1) is 23.7 Å². The summed E-state index contributed by atoms with van der Waals surface area (Å²) in [5.74, 6) is 4.06. The number of hydrogen-bond donors (Lipinski definition) is 1. The maximum Gasteiger partial charge on any atom is 0.332 e. The Morgan fingerprint density at radius 1 is 1.13 bits per heavy atom. The van der Waals surface area contributed by atoms with Gasteiger partial charge in [-0.3, -0.25) is 13.9 Å². The Bertz CT molecular complexity index is 1120. The van der Waals surface area contributed by atoms with E-state index in [-0.39, 0.29) is 11.2 Å². The smallest absolute Gasteiger partial charge is 0.332 e. The number of nitrogens with one attached hydrogen (secondary N) is 1. The fraction of sp³-hybridized carbons (Fsp3) is 0.696. The third kappa shape index (κ3) is 2.77. The largest absolute Gasteiger partial charge is 0.336 e. The fourth-order valence-corrected chi connectivity index (χ4v) is 6.30. The van der Waals surface area contributed by atoms with Crippen LogP contribution < -0.4 is 11.2 Å². The van der Waals surface area contributed by atoms with Crippen LogP contribution in [0.3, 0.4) is 0 Å². The van der Waals surface area contributed by atoms with Gasteiger partial charge in [0.2, 0.25) is 0 Å². The van der Waals surface area contributed by atoms with Gasteiger partial charge in [0.05, 0.1) is 0 Å². The number of allylic oxidation sites excluding steroid dienone is 1. The molecule has 0 amide bonds. The Balaban J connectivity index is 1.54. The molecule has 0 saturated heterocycles. The molecule has 1 N–H and O–H groups in total. The molecule has 7 nitrogen and oxygen atoms in total. The van der Waals surface area contributed by atoms with Gasteiger partial charge in [-0.2, -0.15) is 0 Å². The summed E-state index contributed by atoms with van der Waals surface area (Å²) >= 11 is 0. The van der Waals surface area contributed by atoms with Crippen LogP contribution in [0.1, 0.15) is 51.3 Å². The standard InChI is InChI=1S/C23H33N5O2/c1-5-9-27-21-19(22(29)28(10-6-2)23(27)30)24-20(25-21)18-14-12-15-16(17(15)18)13(14)8-7-11-26(3)4/h8,14-18H,5-7,9-12H2,1-4H3,(H,24,25). The van der Waals surface area contributed by atoms with Crippen LogP contribution >= 0.6 is 0 Å². The Hall–Kier alpha value is -2.15. The van der Waals surface area contributed by atoms with Gasteiger partial charge in [0.15, 0.2) is 5.65 Å². The van der Waals surface area contributed by atoms with Gasteiger partial charge in [0.1, 0.15) is 11.3 Å². The second kappa shape index (κ2) is 7.22. The van der Waals surface area contributed by atoms with Crippen LogP contribution in [-0.2, 0) is 13.1 Å². The van der Waals surface area contributed by atoms with Gasteiger partial charge in [-0.1, -0.05) is 25.5 Å². The van der Waals surface area contributed by atoms with Gasteiger partial charge in [-0.25, -0.2) is 9.78 Å². The summed E-state index contributed by atoms with van der Waals surface area (Å²) < 4.78 is 3.07. The lowest BCUT2D eigenvalue weighted by Crippen LogP contribution is -2.40. The zero-order chi connectivity index (χ0) is 21.2. The highest BCUT2D eigenvalue weighted by atomic mass is 16.2. The minimum atomic E-state index is -0.224. The van der Waals surface area contributed by atoms with E-state index in [1.165, 1.54) is 11.0 Å². The minimum absolute atomic E-state index is 0.220. The van der Waals surface area contributed by atoms with E-state index in [1.54, 1.807) is 10.1 Å². The van der Waals surface area contributed by atoms with Crippen molar-refractivity contribution in [2.75, 3.05) is 20.6 Å². The number of fused-ring (bicyclic) bond motifs is 1. The lowest BCUT2D eigenvalue weighted by molar-refractivity contribution is 0.416. The average molecular weight is 412 g/mol. The molecule has 2 heterocycles. The van der Waals surface area contributed by atoms with Crippen molar-refractivity contribution < 1.29 is 0 Å². The van der Waals surface area contributed by atoms with Crippen LogP contribution in [0.15, 0.2) is 21.2 Å². The molecule has 5 unspecified atom stereocenters. The molecule has 0 spiro atoms. The Labute approximate surface area is 176 Å². The Morgan fingerprint density at radius 2 is 1.87 bits per heavy atom. The number of aromatic nitrogens is 4. The first-order chi connectivity index (χ1) is 14.5. The SMILES string of the molecule is CCCn1c(=O)c2[nH]c(C3C4CC5C(C4=CCCN(C)C)C53)nc2n(CCC)c1=O. The summed E-state index contributed by atoms with van der Waals surface area (Å²) in [5, 5.41) is 0. The molecule has 0 radical (unpaired) electrons. The summed E-state index contributed by atoms with van der Waals surface area (Å²) in [5.41, 5.74) is 2.24. The molecular weight excluding hydrogens is 378 g/mol. The first-order valence-electron chi connectivity index (χ1n) is 11.6. The van der Waals surface area contributed by atoms with Crippen LogP contribution in [0.4, 0.5) is 0 Å². The molecule has 5 atom stereocenters. The lowest BCUT2D eigenvalue weighted by Gasteiger charge is -2.14. The van der Waals surface area contributed by atoms with E-state index < -0.39 is 0 Å². The van der Waals surface area contributed by atoms with Crippen molar-refractivity contribution in [3.05, 3.63) is 38.3 Å². The quantitative estimate of drug-likeness (QED) is 0.678. The summed E-state index contributed by atoms with van der Waals surface area (Å²) in [7, 11) is 4.23. The third-order valence-corrected chi connectivity index (χ3v) is 7.46. The van der Waals surface area contributed by atoms with Gasteiger partial charge >= 0.3 is 5.69 Å². The highest BCUT2D eigenvalue weighted by molar-refractivity contribution is 5.70. The van der Waals surface area contributed by atoms with E-state index in [0.717, 1.165) is 43.5 Å². The van der Waals surface area contributed by atoms with Crippen molar-refractivity contribution >= 4 is 11.2 Å². The van der Waals surface area contributed by atoms with Gasteiger partial charge in [-0.05, 0) is 63.5 Å². The molecule has 4 fully saturated rings. The maximum absolute atomic E-state index is 13.0. The van der Waals surface area contributed by atoms with Crippen molar-refractivity contribution in [1.82, 2.24) is 24.0 Å². The second-order valence-electron chi connectivity index (χ2n) is 9.64. The van der Waals surface area contributed by atoms with Crippen molar-refractivity contribution in [1.29, 1.82) is 0 Å². The highest BCUT2D eigenvalue weighted by Gasteiger charge is 2.71. The number of rotatable bonds is 8. The zero-order valence-corrected chi connectivity index (χ0v) is 18.5. The monoisotopic (exact) mass is 411 g/mol. The predicted octanol–water partition coefficient (Wildman–Crippen LogP) is 2.56. The van der Waals surface area contributed by atoms with E-state index in [1.807, 2.05) is 13.8 Å². The van der Waals surface area contributed by atoms with Crippen molar-refractivity contribution in [2.24, 2.45) is 23.7 Å². The van der Waals surface area contributed by atoms with Gasteiger partial charge < -0.3 is 9.88 Å². The predicted molar refractivity (Wildman–Crippen MR) is 118 cm³/mol. The van der Waals surface area contributed by atoms with Crippen molar-refractivity contribution in [2.45, 2.75) is 58.5 Å². The number of imidazole rings is 1. The topological polar surface area (TPSA) is 75.9 Å². The second-order valence-corrected chi connectivity index (χ2v) is 9.64. The maximum atomic E-state index is 13.0. The third-order valence-electron chi connectivity index (χ3n) is 7.46. The molecule has 30 heavy (non-hydrogen) atoms. The van der Waals surface area contributed by atoms with Crippen LogP contribution in [-0.4, -0.2) is 44.6 Å². The number of nitrogens with zero attached hydrogens (tertiary/aromatic N) is 4. The summed E-state index contributed by atoms with van der Waals surface area (Å²) in [6.45, 7) is 6.15. The first-order valence-corrected chi connectivity index (χ1v) is 11.6. The summed E-state index contributed by atoms with van der Waals surface area (Å²) in [6.07, 6.45) is 6.41. The highest BCUT2D eigenvalue weighted by Crippen LogP contribution is 2.78. The van der Waals surface area contributed by atoms with Crippen LogP contribution in [0.2, 0.25) is 0 Å². The molecule has 2 aromatic rings. The molecule has 6 rings (SSSR count). The normalized spacial score (nSPS) is 30.3. The first kappa shape index (κ1) is 19.8. The molecule has 4 aliphatic rings. The van der Waals surface area contributed by atoms with Gasteiger partial charge in [-0.15, -0.1) is 0 Å². The molecule has 0 aromatic carbocycles. The van der Waals surface area contributed by atoms with E-state index in [2.05, 4.69) is 30.1 Å². The number of aryl methyl sites for hydroxylation is 1. The van der Waals surface area contributed by atoms with Crippen LogP contribution in [0.5, 0.6) is 0 Å². The van der Waals surface area contributed by atoms with Gasteiger partial charge in [0.25, 0.3) is 5.56 Å². The molecular formula is C23H33N5O2. The Morgan fingerprint density at radius 3 is 2.53 bits per heavy atom. The molecule has 4 aliphatic carbocycles. The van der Waals surface area contributed by atoms with Gasteiger partial charge in [0, 0.05) is 25.6 Å². The molecule has 4 bridgehead atoms. The van der Waals surface area contributed by atoms with Crippen LogP contribution in [0.25, 0.3) is 11.2 Å². The minimum Gasteiger partial charge on any atom is -0.336 e. The Kier molecular flexibility index (Phi) is 4.76. The number of aromatic amines is 1. The van der Waals surface area contributed by atoms with E-state index >= 15 is 0 Å². The zero-order valence-electron chi connectivity index (χ0n) is 18.5. The molecule has 7 heteroatoms. The number of H-pyrrole nitrogens is 1.